The Labute approximate surface area is 166 Å². The Balaban J connectivity index is 1.67. The molecule has 2 atom stereocenters. The Morgan fingerprint density at radius 3 is 2.38 bits per heavy atom. The molecule has 3 heterocycles. The van der Waals surface area contributed by atoms with Crippen molar-refractivity contribution in [3.8, 4) is 0 Å². The topological polar surface area (TPSA) is 59.5 Å². The van der Waals surface area contributed by atoms with Crippen LogP contribution in [0.25, 0.3) is 5.70 Å². The molecule has 1 saturated heterocycles. The number of carbonyl (C=O) groups excluding carboxylic acids is 2. The maximum Gasteiger partial charge on any atom is 0.328 e. The average molecular weight is 391 g/mol. The van der Waals surface area contributed by atoms with Crippen LogP contribution in [0.1, 0.15) is 5.56 Å². The zero-order valence-corrected chi connectivity index (χ0v) is 15.9. The van der Waals surface area contributed by atoms with Crippen molar-refractivity contribution >= 4 is 29.3 Å². The molecule has 8 heteroatoms. The second kappa shape index (κ2) is 6.16. The van der Waals surface area contributed by atoms with Gasteiger partial charge in [-0.15, -0.1) is 0 Å². The number of amides is 3. The van der Waals surface area contributed by atoms with Gasteiger partial charge in [0.2, 0.25) is 5.96 Å². The second-order valence-corrected chi connectivity index (χ2v) is 7.15. The molecule has 2 unspecified atom stereocenters. The highest BCUT2D eigenvalue weighted by Crippen LogP contribution is 2.40. The molecule has 0 spiro atoms. The molecular formula is C21H18FN5O2. The number of halogens is 1. The number of benzene rings is 2. The fourth-order valence-electron chi connectivity index (χ4n) is 4.00. The largest absolute Gasteiger partial charge is 0.328 e. The van der Waals surface area contributed by atoms with Crippen LogP contribution in [-0.2, 0) is 4.79 Å². The van der Waals surface area contributed by atoms with Gasteiger partial charge in [-0.25, -0.2) is 14.2 Å². The summed E-state index contributed by atoms with van der Waals surface area (Å²) in [6, 6.07) is 14.9. The number of carbonyl (C=O) groups is 2. The number of urea groups is 1. The van der Waals surface area contributed by atoms with E-state index in [-0.39, 0.29) is 5.91 Å². The number of rotatable bonds is 2. The first-order valence-corrected chi connectivity index (χ1v) is 9.21. The second-order valence-electron chi connectivity index (χ2n) is 7.15. The number of hydrogen-bond donors (Lipinski definition) is 0. The highest BCUT2D eigenvalue weighted by atomic mass is 19.1. The minimum absolute atomic E-state index is 0.331. The van der Waals surface area contributed by atoms with E-state index in [0.717, 1.165) is 10.5 Å². The van der Waals surface area contributed by atoms with Crippen LogP contribution in [0.2, 0.25) is 0 Å². The monoisotopic (exact) mass is 391 g/mol. The molecular weight excluding hydrogens is 373 g/mol. The average Bonchev–Trinajstić information content (AvgIpc) is 3.28. The summed E-state index contributed by atoms with van der Waals surface area (Å²) < 4.78 is 14.8. The van der Waals surface area contributed by atoms with Gasteiger partial charge in [0.1, 0.15) is 5.82 Å². The summed E-state index contributed by atoms with van der Waals surface area (Å²) in [7, 11) is 3.08. The van der Waals surface area contributed by atoms with Crippen LogP contribution >= 0.6 is 0 Å². The lowest BCUT2D eigenvalue weighted by Gasteiger charge is -2.38. The Kier molecular flexibility index (Phi) is 3.70. The fraction of sp³-hybridized carbons (Fsp3) is 0.190. The highest BCUT2D eigenvalue weighted by molar-refractivity contribution is 6.16. The minimum Gasteiger partial charge on any atom is -0.302 e. The molecule has 0 aliphatic carbocycles. The third-order valence-corrected chi connectivity index (χ3v) is 5.50. The van der Waals surface area contributed by atoms with E-state index in [1.165, 1.54) is 18.0 Å². The maximum absolute atomic E-state index is 14.8. The summed E-state index contributed by atoms with van der Waals surface area (Å²) in [6.07, 6.45) is 1.14. The van der Waals surface area contributed by atoms with Gasteiger partial charge in [-0.05, 0) is 12.1 Å². The molecule has 3 aliphatic heterocycles. The first-order valence-electron chi connectivity index (χ1n) is 9.21. The van der Waals surface area contributed by atoms with Gasteiger partial charge in [0.05, 0.1) is 11.4 Å². The molecule has 146 valence electrons. The van der Waals surface area contributed by atoms with Gasteiger partial charge < -0.3 is 4.90 Å². The maximum atomic E-state index is 14.8. The molecule has 0 radical (unpaired) electrons. The molecule has 0 bridgehead atoms. The molecule has 3 amide bonds. The van der Waals surface area contributed by atoms with E-state index in [2.05, 4.69) is 4.99 Å². The molecule has 2 aromatic rings. The summed E-state index contributed by atoms with van der Waals surface area (Å²) in [5.74, 6) is -0.315. The zero-order valence-electron chi connectivity index (χ0n) is 15.9. The van der Waals surface area contributed by atoms with Crippen molar-refractivity contribution in [1.29, 1.82) is 0 Å². The van der Waals surface area contributed by atoms with E-state index in [4.69, 9.17) is 0 Å². The number of nitrogens with zero attached hydrogens (tertiary/aromatic N) is 5. The molecule has 29 heavy (non-hydrogen) atoms. The van der Waals surface area contributed by atoms with E-state index < -0.39 is 24.1 Å². The fourth-order valence-corrected chi connectivity index (χ4v) is 4.00. The standard InChI is InChI=1S/C21H18FN5O2/c1-24-18-17(19(28)25(2)21(24)29)26-12-16(13-8-4-3-5-9-13)27(20(26)23-18)15-11-7-6-10-14(15)22/h3-12,17-18H,1-2H3. The van der Waals surface area contributed by atoms with E-state index >= 15 is 0 Å². The first kappa shape index (κ1) is 17.4. The van der Waals surface area contributed by atoms with Crippen molar-refractivity contribution in [2.75, 3.05) is 19.0 Å². The summed E-state index contributed by atoms with van der Waals surface area (Å²) in [5, 5.41) is 0. The number of para-hydroxylation sites is 1. The predicted molar refractivity (Wildman–Crippen MR) is 106 cm³/mol. The lowest BCUT2D eigenvalue weighted by atomic mass is 10.1. The molecule has 0 N–H and O–H groups in total. The van der Waals surface area contributed by atoms with Crippen LogP contribution in [0, 0.1) is 5.82 Å². The van der Waals surface area contributed by atoms with Crippen molar-refractivity contribution < 1.29 is 14.0 Å². The van der Waals surface area contributed by atoms with Gasteiger partial charge in [-0.1, -0.05) is 42.5 Å². The van der Waals surface area contributed by atoms with E-state index in [1.807, 2.05) is 30.3 Å². The molecule has 0 saturated carbocycles. The molecule has 1 fully saturated rings. The number of fused-ring (bicyclic) bond motifs is 3. The smallest absolute Gasteiger partial charge is 0.302 e. The normalized spacial score (nSPS) is 23.3. The van der Waals surface area contributed by atoms with Gasteiger partial charge in [-0.3, -0.25) is 19.5 Å². The third kappa shape index (κ3) is 2.38. The van der Waals surface area contributed by atoms with E-state index in [0.29, 0.717) is 17.3 Å². The number of anilines is 1. The van der Waals surface area contributed by atoms with Gasteiger partial charge in [0.15, 0.2) is 12.2 Å². The van der Waals surface area contributed by atoms with Crippen molar-refractivity contribution in [3.05, 3.63) is 72.2 Å². The number of likely N-dealkylation sites (N-methyl/N-ethyl adjacent to an activating group) is 2. The van der Waals surface area contributed by atoms with Crippen LogP contribution < -0.4 is 4.90 Å². The van der Waals surface area contributed by atoms with Crippen molar-refractivity contribution in [1.82, 2.24) is 14.7 Å². The van der Waals surface area contributed by atoms with Gasteiger partial charge >= 0.3 is 6.03 Å². The SMILES string of the molecule is CN1C(=O)C2C(N=C3N(c4ccccc4F)C(c4ccccc4)=CN32)N(C)C1=O. The molecule has 7 nitrogen and oxygen atoms in total. The Morgan fingerprint density at radius 2 is 1.66 bits per heavy atom. The molecule has 0 aromatic heterocycles. The Bertz CT molecular complexity index is 1080. The number of guanidine groups is 1. The Hall–Kier alpha value is -3.68. The van der Waals surface area contributed by atoms with Crippen LogP contribution in [-0.4, -0.2) is 58.9 Å². The number of hydrogen-bond acceptors (Lipinski definition) is 5. The van der Waals surface area contributed by atoms with Crippen LogP contribution in [0.3, 0.4) is 0 Å². The third-order valence-electron chi connectivity index (χ3n) is 5.50. The summed E-state index contributed by atoms with van der Waals surface area (Å²) in [6.45, 7) is 0. The van der Waals surface area contributed by atoms with Gasteiger partial charge in [0, 0.05) is 25.9 Å². The van der Waals surface area contributed by atoms with E-state index in [1.54, 1.807) is 41.2 Å². The summed E-state index contributed by atoms with van der Waals surface area (Å²) in [4.78, 5) is 35.9. The molecule has 5 rings (SSSR count). The summed E-state index contributed by atoms with van der Waals surface area (Å²) in [5.41, 5.74) is 1.91. The molecule has 3 aliphatic rings. The highest BCUT2D eigenvalue weighted by Gasteiger charge is 2.54. The number of imide groups is 1. The van der Waals surface area contributed by atoms with Crippen molar-refractivity contribution in [2.45, 2.75) is 12.2 Å². The Morgan fingerprint density at radius 1 is 0.966 bits per heavy atom. The van der Waals surface area contributed by atoms with Crippen molar-refractivity contribution in [3.63, 3.8) is 0 Å². The van der Waals surface area contributed by atoms with Gasteiger partial charge in [0.25, 0.3) is 5.91 Å². The predicted octanol–water partition coefficient (Wildman–Crippen LogP) is 2.53. The number of aliphatic imine (C=N–C) groups is 1. The quantitative estimate of drug-likeness (QED) is 0.790. The van der Waals surface area contributed by atoms with Crippen LogP contribution in [0.5, 0.6) is 0 Å². The van der Waals surface area contributed by atoms with E-state index in [9.17, 15) is 14.0 Å². The molecule has 2 aromatic carbocycles. The zero-order chi connectivity index (χ0) is 20.3. The minimum atomic E-state index is -0.687. The lowest BCUT2D eigenvalue weighted by molar-refractivity contribution is -0.135. The summed E-state index contributed by atoms with van der Waals surface area (Å²) >= 11 is 0. The van der Waals surface area contributed by atoms with Crippen LogP contribution in [0.15, 0.2) is 65.8 Å². The first-order chi connectivity index (χ1) is 14.0. The van der Waals surface area contributed by atoms with Crippen LogP contribution in [0.4, 0.5) is 14.9 Å². The lowest BCUT2D eigenvalue weighted by Crippen LogP contribution is -2.63. The van der Waals surface area contributed by atoms with Crippen molar-refractivity contribution in [2.24, 2.45) is 4.99 Å². The van der Waals surface area contributed by atoms with Gasteiger partial charge in [-0.2, -0.15) is 0 Å².